The van der Waals surface area contributed by atoms with Crippen molar-refractivity contribution in [1.82, 2.24) is 5.32 Å². The van der Waals surface area contributed by atoms with Crippen molar-refractivity contribution in [3.63, 3.8) is 0 Å². The second-order valence-electron chi connectivity index (χ2n) is 7.29. The van der Waals surface area contributed by atoms with E-state index in [1.807, 2.05) is 0 Å². The lowest BCUT2D eigenvalue weighted by atomic mass is 9.70. The van der Waals surface area contributed by atoms with Crippen molar-refractivity contribution in [1.29, 1.82) is 0 Å². The molecule has 3 atom stereocenters. The smallest absolute Gasteiger partial charge is 0.0294 e. The zero-order valence-electron chi connectivity index (χ0n) is 13.2. The first-order valence-electron chi connectivity index (χ1n) is 7.70. The predicted octanol–water partition coefficient (Wildman–Crippen LogP) is 4.86. The fraction of sp³-hybridized carbons (Fsp3) is 0.667. The standard InChI is InChI=1S/C18H29N/c1-13-7-6-8-16(11-13)15(3)19-17-9-10-18(4,5)12-14(17)2/h6-8,11,14-15,17,19H,9-10,12H2,1-5H3/t14?,15-,17?/m0/s1. The van der Waals surface area contributed by atoms with Gasteiger partial charge >= 0.3 is 0 Å². The van der Waals surface area contributed by atoms with Crippen LogP contribution < -0.4 is 5.32 Å². The minimum absolute atomic E-state index is 0.452. The van der Waals surface area contributed by atoms with Crippen molar-refractivity contribution in [2.75, 3.05) is 0 Å². The van der Waals surface area contributed by atoms with Crippen LogP contribution in [0.5, 0.6) is 0 Å². The molecule has 0 aliphatic heterocycles. The van der Waals surface area contributed by atoms with Gasteiger partial charge in [0, 0.05) is 12.1 Å². The maximum absolute atomic E-state index is 3.85. The number of aryl methyl sites for hydroxylation is 1. The molecule has 0 amide bonds. The number of hydrogen-bond donors (Lipinski definition) is 1. The van der Waals surface area contributed by atoms with E-state index in [1.165, 1.54) is 30.4 Å². The van der Waals surface area contributed by atoms with E-state index >= 15 is 0 Å². The molecule has 0 heterocycles. The molecule has 0 bridgehead atoms. The van der Waals surface area contributed by atoms with Crippen molar-refractivity contribution in [3.05, 3.63) is 35.4 Å². The molecule has 0 saturated heterocycles. The summed E-state index contributed by atoms with van der Waals surface area (Å²) in [6, 6.07) is 9.99. The third-order valence-corrected chi connectivity index (χ3v) is 4.70. The summed E-state index contributed by atoms with van der Waals surface area (Å²) in [5.41, 5.74) is 3.30. The fourth-order valence-electron chi connectivity index (χ4n) is 3.55. The van der Waals surface area contributed by atoms with Gasteiger partial charge in [0.1, 0.15) is 0 Å². The van der Waals surface area contributed by atoms with Crippen LogP contribution in [0.15, 0.2) is 24.3 Å². The molecule has 0 spiro atoms. The number of rotatable bonds is 3. The zero-order chi connectivity index (χ0) is 14.0. The summed E-state index contributed by atoms with van der Waals surface area (Å²) in [6.45, 7) is 11.7. The average molecular weight is 259 g/mol. The van der Waals surface area contributed by atoms with E-state index in [0.29, 0.717) is 17.5 Å². The van der Waals surface area contributed by atoms with Gasteiger partial charge in [-0.15, -0.1) is 0 Å². The largest absolute Gasteiger partial charge is 0.307 e. The van der Waals surface area contributed by atoms with Gasteiger partial charge in [0.2, 0.25) is 0 Å². The Bertz CT molecular complexity index is 421. The van der Waals surface area contributed by atoms with Crippen molar-refractivity contribution < 1.29 is 0 Å². The first-order chi connectivity index (χ1) is 8.87. The molecule has 2 rings (SSSR count). The Morgan fingerprint density at radius 3 is 2.68 bits per heavy atom. The molecule has 1 aromatic carbocycles. The minimum atomic E-state index is 0.452. The molecule has 1 heteroatoms. The number of benzene rings is 1. The van der Waals surface area contributed by atoms with E-state index in [1.54, 1.807) is 0 Å². The summed E-state index contributed by atoms with van der Waals surface area (Å²) in [5, 5.41) is 3.85. The Hall–Kier alpha value is -0.820. The zero-order valence-corrected chi connectivity index (χ0v) is 13.2. The topological polar surface area (TPSA) is 12.0 Å². The van der Waals surface area contributed by atoms with E-state index in [-0.39, 0.29) is 0 Å². The molecule has 2 unspecified atom stereocenters. The van der Waals surface area contributed by atoms with Crippen LogP contribution in [0, 0.1) is 18.3 Å². The Labute approximate surface area is 118 Å². The summed E-state index contributed by atoms with van der Waals surface area (Å²) in [7, 11) is 0. The molecule has 1 aliphatic rings. The summed E-state index contributed by atoms with van der Waals surface area (Å²) in [4.78, 5) is 0. The maximum Gasteiger partial charge on any atom is 0.0294 e. The summed E-state index contributed by atoms with van der Waals surface area (Å²) >= 11 is 0. The van der Waals surface area contributed by atoms with Gasteiger partial charge in [0.05, 0.1) is 0 Å². The second kappa shape index (κ2) is 5.66. The van der Waals surface area contributed by atoms with Gasteiger partial charge in [-0.3, -0.25) is 0 Å². The summed E-state index contributed by atoms with van der Waals surface area (Å²) < 4.78 is 0. The lowest BCUT2D eigenvalue weighted by molar-refractivity contribution is 0.143. The Balaban J connectivity index is 1.98. The van der Waals surface area contributed by atoms with Crippen LogP contribution >= 0.6 is 0 Å². The predicted molar refractivity (Wildman–Crippen MR) is 83.3 cm³/mol. The van der Waals surface area contributed by atoms with Crippen molar-refractivity contribution in [3.8, 4) is 0 Å². The molecular formula is C18H29N. The van der Waals surface area contributed by atoms with Crippen molar-refractivity contribution >= 4 is 0 Å². The quantitative estimate of drug-likeness (QED) is 0.817. The van der Waals surface area contributed by atoms with Crippen LogP contribution in [0.1, 0.15) is 64.1 Å². The van der Waals surface area contributed by atoms with Gasteiger partial charge in [0.15, 0.2) is 0 Å². The highest BCUT2D eigenvalue weighted by molar-refractivity contribution is 5.24. The molecule has 0 radical (unpaired) electrons. The molecule has 1 saturated carbocycles. The van der Waals surface area contributed by atoms with Gasteiger partial charge in [-0.25, -0.2) is 0 Å². The number of nitrogens with one attached hydrogen (secondary N) is 1. The molecule has 19 heavy (non-hydrogen) atoms. The SMILES string of the molecule is Cc1cccc([C@H](C)NC2CCC(C)(C)CC2C)c1. The third kappa shape index (κ3) is 3.82. The van der Waals surface area contributed by atoms with Crippen LogP contribution in [0.3, 0.4) is 0 Å². The monoisotopic (exact) mass is 259 g/mol. The molecular weight excluding hydrogens is 230 g/mol. The van der Waals surface area contributed by atoms with E-state index in [9.17, 15) is 0 Å². The lowest BCUT2D eigenvalue weighted by Gasteiger charge is -2.40. The molecule has 0 aromatic heterocycles. The van der Waals surface area contributed by atoms with Crippen LogP contribution in [0.2, 0.25) is 0 Å². The van der Waals surface area contributed by atoms with Gasteiger partial charge in [-0.05, 0) is 50.0 Å². The van der Waals surface area contributed by atoms with E-state index in [0.717, 1.165) is 5.92 Å². The van der Waals surface area contributed by atoms with E-state index < -0.39 is 0 Å². The van der Waals surface area contributed by atoms with Gasteiger partial charge < -0.3 is 5.32 Å². The minimum Gasteiger partial charge on any atom is -0.307 e. The van der Waals surface area contributed by atoms with Crippen LogP contribution in [0.25, 0.3) is 0 Å². The summed E-state index contributed by atoms with van der Waals surface area (Å²) in [5.74, 6) is 0.774. The van der Waals surface area contributed by atoms with Crippen molar-refractivity contribution in [2.45, 2.75) is 66.0 Å². The molecule has 1 N–H and O–H groups in total. The Morgan fingerprint density at radius 2 is 2.05 bits per heavy atom. The van der Waals surface area contributed by atoms with E-state index in [4.69, 9.17) is 0 Å². The second-order valence-corrected chi connectivity index (χ2v) is 7.29. The summed E-state index contributed by atoms with van der Waals surface area (Å²) in [6.07, 6.45) is 3.99. The highest BCUT2D eigenvalue weighted by Crippen LogP contribution is 2.39. The Morgan fingerprint density at radius 1 is 1.32 bits per heavy atom. The van der Waals surface area contributed by atoms with Crippen LogP contribution in [0.4, 0.5) is 0 Å². The van der Waals surface area contributed by atoms with Crippen LogP contribution in [-0.2, 0) is 0 Å². The fourth-order valence-corrected chi connectivity index (χ4v) is 3.55. The molecule has 106 valence electrons. The highest BCUT2D eigenvalue weighted by atomic mass is 15.0. The first-order valence-corrected chi connectivity index (χ1v) is 7.70. The molecule has 1 aromatic rings. The van der Waals surface area contributed by atoms with Crippen molar-refractivity contribution in [2.24, 2.45) is 11.3 Å². The first kappa shape index (κ1) is 14.6. The molecule has 1 nitrogen and oxygen atoms in total. The third-order valence-electron chi connectivity index (χ3n) is 4.70. The molecule has 1 aliphatic carbocycles. The molecule has 1 fully saturated rings. The van der Waals surface area contributed by atoms with Gasteiger partial charge in [0.25, 0.3) is 0 Å². The normalized spacial score (nSPS) is 28.1. The highest BCUT2D eigenvalue weighted by Gasteiger charge is 2.32. The average Bonchev–Trinajstić information content (AvgIpc) is 2.32. The van der Waals surface area contributed by atoms with Gasteiger partial charge in [-0.1, -0.05) is 50.6 Å². The van der Waals surface area contributed by atoms with E-state index in [2.05, 4.69) is 64.2 Å². The maximum atomic E-state index is 3.85. The van der Waals surface area contributed by atoms with Gasteiger partial charge in [-0.2, -0.15) is 0 Å². The van der Waals surface area contributed by atoms with Crippen LogP contribution in [-0.4, -0.2) is 6.04 Å². The Kier molecular flexibility index (Phi) is 4.35. The lowest BCUT2D eigenvalue weighted by Crippen LogP contribution is -2.42. The number of hydrogen-bond acceptors (Lipinski definition) is 1.